The van der Waals surface area contributed by atoms with Crippen LogP contribution in [0.4, 0.5) is 0 Å². The predicted molar refractivity (Wildman–Crippen MR) is 150 cm³/mol. The van der Waals surface area contributed by atoms with Crippen molar-refractivity contribution in [1.29, 1.82) is 5.26 Å². The van der Waals surface area contributed by atoms with Crippen molar-refractivity contribution >= 4 is 0 Å². The second-order valence-corrected chi connectivity index (χ2v) is 9.98. The Morgan fingerprint density at radius 1 is 1.03 bits per heavy atom. The smallest absolute Gasteiger partial charge is 0.261 e. The number of aliphatic hydroxyl groups is 1. The number of benzene rings is 3. The van der Waals surface area contributed by atoms with E-state index in [0.29, 0.717) is 41.2 Å². The van der Waals surface area contributed by atoms with Gasteiger partial charge in [-0.1, -0.05) is 61.9 Å². The normalized spacial score (nSPS) is 11.3. The molecular weight excluding hydrogens is 474 g/mol. The Balaban J connectivity index is 1.79. The van der Waals surface area contributed by atoms with Crippen LogP contribution in [0.3, 0.4) is 0 Å². The van der Waals surface area contributed by atoms with Gasteiger partial charge in [0.1, 0.15) is 23.2 Å². The summed E-state index contributed by atoms with van der Waals surface area (Å²) in [5.74, 6) is 1.20. The molecule has 0 aliphatic rings. The molecule has 0 aliphatic carbocycles. The molecule has 0 unspecified atom stereocenters. The zero-order valence-electron chi connectivity index (χ0n) is 22.4. The summed E-state index contributed by atoms with van der Waals surface area (Å²) in [5, 5.41) is 19.6. The van der Waals surface area contributed by atoms with E-state index in [1.807, 2.05) is 67.6 Å². The maximum atomic E-state index is 14.0. The monoisotopic (exact) mass is 507 g/mol. The van der Waals surface area contributed by atoms with Crippen molar-refractivity contribution in [2.75, 3.05) is 6.61 Å². The lowest BCUT2D eigenvalue weighted by atomic mass is 9.92. The molecule has 6 nitrogen and oxygen atoms in total. The Labute approximate surface area is 223 Å². The first-order chi connectivity index (χ1) is 18.3. The Kier molecular flexibility index (Phi) is 8.09. The fourth-order valence-electron chi connectivity index (χ4n) is 4.59. The first-order valence-corrected chi connectivity index (χ1v) is 12.9. The Morgan fingerprint density at radius 2 is 1.74 bits per heavy atom. The number of hydrogen-bond donors (Lipinski definition) is 1. The molecule has 0 atom stereocenters. The molecule has 3 aromatic carbocycles. The van der Waals surface area contributed by atoms with Crippen molar-refractivity contribution in [2.45, 2.75) is 52.6 Å². The van der Waals surface area contributed by atoms with Crippen LogP contribution in [-0.4, -0.2) is 26.9 Å². The fourth-order valence-corrected chi connectivity index (χ4v) is 4.59. The fraction of sp³-hybridized carbons (Fsp3) is 0.281. The summed E-state index contributed by atoms with van der Waals surface area (Å²) in [6, 6.07) is 25.2. The van der Waals surface area contributed by atoms with Crippen molar-refractivity contribution in [1.82, 2.24) is 9.55 Å². The van der Waals surface area contributed by atoms with Gasteiger partial charge in [0.15, 0.2) is 0 Å². The van der Waals surface area contributed by atoms with E-state index in [2.05, 4.69) is 13.0 Å². The quantitative estimate of drug-likeness (QED) is 0.311. The van der Waals surface area contributed by atoms with E-state index >= 15 is 0 Å². The topological polar surface area (TPSA) is 88.1 Å². The van der Waals surface area contributed by atoms with Gasteiger partial charge >= 0.3 is 0 Å². The highest BCUT2D eigenvalue weighted by atomic mass is 16.5. The molecule has 4 rings (SSSR count). The Bertz CT molecular complexity index is 1520. The van der Waals surface area contributed by atoms with Crippen molar-refractivity contribution in [3.8, 4) is 28.6 Å². The third kappa shape index (κ3) is 5.69. The molecule has 0 saturated heterocycles. The average Bonchev–Trinajstić information content (AvgIpc) is 2.92. The van der Waals surface area contributed by atoms with Crippen LogP contribution in [0, 0.1) is 18.3 Å². The van der Waals surface area contributed by atoms with Crippen LogP contribution in [0.2, 0.25) is 0 Å². The lowest BCUT2D eigenvalue weighted by Crippen LogP contribution is -2.32. The number of aromatic nitrogens is 2. The largest absolute Gasteiger partial charge is 0.485 e. The van der Waals surface area contributed by atoms with E-state index in [-0.39, 0.29) is 12.2 Å². The Morgan fingerprint density at radius 3 is 2.37 bits per heavy atom. The molecule has 0 bridgehead atoms. The van der Waals surface area contributed by atoms with Gasteiger partial charge in [0.25, 0.3) is 5.56 Å². The van der Waals surface area contributed by atoms with Gasteiger partial charge in [-0.2, -0.15) is 5.26 Å². The first-order valence-electron chi connectivity index (χ1n) is 12.9. The van der Waals surface area contributed by atoms with Gasteiger partial charge in [-0.05, 0) is 68.1 Å². The molecule has 4 aromatic rings. The second kappa shape index (κ2) is 11.5. The van der Waals surface area contributed by atoms with Crippen molar-refractivity contribution in [2.24, 2.45) is 0 Å². The number of ether oxygens (including phenoxy) is 1. The zero-order valence-corrected chi connectivity index (χ0v) is 22.4. The van der Waals surface area contributed by atoms with E-state index in [0.717, 1.165) is 28.8 Å². The summed E-state index contributed by atoms with van der Waals surface area (Å²) < 4.78 is 7.46. The maximum Gasteiger partial charge on any atom is 0.261 e. The summed E-state index contributed by atoms with van der Waals surface area (Å²) in [5.41, 5.74) is 4.38. The molecule has 0 aliphatic heterocycles. The third-order valence-corrected chi connectivity index (χ3v) is 6.50. The molecule has 1 heterocycles. The van der Waals surface area contributed by atoms with Gasteiger partial charge in [-0.25, -0.2) is 4.98 Å². The van der Waals surface area contributed by atoms with Gasteiger partial charge in [0.2, 0.25) is 0 Å². The minimum absolute atomic E-state index is 0.115. The molecule has 1 aromatic heterocycles. The summed E-state index contributed by atoms with van der Waals surface area (Å²) in [6.07, 6.45) is 1.84. The van der Waals surface area contributed by atoms with Gasteiger partial charge < -0.3 is 9.84 Å². The number of nitrogens with zero attached hydrogens (tertiary/aromatic N) is 3. The van der Waals surface area contributed by atoms with E-state index in [1.54, 1.807) is 30.5 Å². The molecule has 0 amide bonds. The summed E-state index contributed by atoms with van der Waals surface area (Å²) in [4.78, 5) is 18.8. The lowest BCUT2D eigenvalue weighted by Gasteiger charge is -2.24. The van der Waals surface area contributed by atoms with Crippen molar-refractivity contribution in [3.63, 3.8) is 0 Å². The van der Waals surface area contributed by atoms with Gasteiger partial charge in [-0.3, -0.25) is 9.36 Å². The second-order valence-electron chi connectivity index (χ2n) is 9.98. The minimum Gasteiger partial charge on any atom is -0.485 e. The number of rotatable bonds is 9. The van der Waals surface area contributed by atoms with Crippen LogP contribution in [0.15, 0.2) is 77.6 Å². The molecule has 6 heteroatoms. The Hall–Kier alpha value is -4.21. The average molecular weight is 508 g/mol. The van der Waals surface area contributed by atoms with E-state index in [1.165, 1.54) is 0 Å². The summed E-state index contributed by atoms with van der Waals surface area (Å²) in [7, 11) is 0. The number of hydrogen-bond acceptors (Lipinski definition) is 5. The molecule has 1 N–H and O–H groups in total. The molecule has 0 fully saturated rings. The molecule has 194 valence electrons. The van der Waals surface area contributed by atoms with Crippen LogP contribution < -0.4 is 10.3 Å². The van der Waals surface area contributed by atoms with Gasteiger partial charge in [-0.15, -0.1) is 0 Å². The molecule has 0 saturated carbocycles. The van der Waals surface area contributed by atoms with Crippen molar-refractivity contribution < 1.29 is 9.84 Å². The predicted octanol–water partition coefficient (Wildman–Crippen LogP) is 5.77. The van der Waals surface area contributed by atoms with Crippen LogP contribution >= 0.6 is 0 Å². The SMILES string of the molecule is CCCc1nc(C)n(-c2ccc(OC(C)(C)CO)cc2)c(=O)c1Cc1cccc(-c2ccccc2)c1C#N. The molecular formula is C32H33N3O3. The molecule has 0 radical (unpaired) electrons. The molecule has 38 heavy (non-hydrogen) atoms. The van der Waals surface area contributed by atoms with Crippen molar-refractivity contribution in [3.05, 3.63) is 111 Å². The van der Waals surface area contributed by atoms with E-state index in [9.17, 15) is 15.2 Å². The van der Waals surface area contributed by atoms with E-state index < -0.39 is 5.60 Å². The van der Waals surface area contributed by atoms with Crippen LogP contribution in [0.5, 0.6) is 5.75 Å². The van der Waals surface area contributed by atoms with Gasteiger partial charge in [0.05, 0.1) is 23.6 Å². The summed E-state index contributed by atoms with van der Waals surface area (Å²) in [6.45, 7) is 7.40. The first kappa shape index (κ1) is 26.8. The van der Waals surface area contributed by atoms with Gasteiger partial charge in [0, 0.05) is 12.0 Å². The highest BCUT2D eigenvalue weighted by Crippen LogP contribution is 2.28. The highest BCUT2D eigenvalue weighted by Gasteiger charge is 2.20. The van der Waals surface area contributed by atoms with E-state index in [4.69, 9.17) is 9.72 Å². The third-order valence-electron chi connectivity index (χ3n) is 6.50. The number of aliphatic hydroxyl groups excluding tert-OH is 1. The van der Waals surface area contributed by atoms with Crippen LogP contribution in [0.1, 0.15) is 55.4 Å². The highest BCUT2D eigenvalue weighted by molar-refractivity contribution is 5.72. The van der Waals surface area contributed by atoms with Crippen LogP contribution in [0.25, 0.3) is 16.8 Å². The zero-order chi connectivity index (χ0) is 27.3. The maximum absolute atomic E-state index is 14.0. The minimum atomic E-state index is -0.711. The lowest BCUT2D eigenvalue weighted by molar-refractivity contribution is 0.0412. The number of nitriles is 1. The number of aryl methyl sites for hydroxylation is 2. The van der Waals surface area contributed by atoms with Crippen LogP contribution in [-0.2, 0) is 12.8 Å². The standard InChI is InChI=1S/C32H33N3O3/c1-5-10-30-28(19-24-13-9-14-27(29(24)20-33)23-11-7-6-8-12-23)31(37)35(22(2)34-30)25-15-17-26(18-16-25)38-32(3,4)21-36/h6-9,11-18,36H,5,10,19,21H2,1-4H3. The summed E-state index contributed by atoms with van der Waals surface area (Å²) >= 11 is 0. The molecule has 0 spiro atoms.